The van der Waals surface area contributed by atoms with Crippen LogP contribution in [-0.2, 0) is 17.6 Å². The zero-order valence-corrected chi connectivity index (χ0v) is 17.7. The fraction of sp³-hybridized carbons (Fsp3) is 0.429. The smallest absolute Gasteiger partial charge is 0.335 e. The molecule has 1 aromatic carbocycles. The molecule has 0 unspecified atom stereocenters. The van der Waals surface area contributed by atoms with Crippen LogP contribution in [-0.4, -0.2) is 57.6 Å². The molecule has 8 nitrogen and oxygen atoms in total. The minimum absolute atomic E-state index is 0.0318. The number of amides is 1. The van der Waals surface area contributed by atoms with Crippen molar-refractivity contribution in [1.82, 2.24) is 9.88 Å². The molecule has 2 atom stereocenters. The number of carboxylic acids is 2. The molecule has 3 N–H and O–H groups in total. The molecule has 0 saturated carbocycles. The molecular weight excluding hydrogens is 406 g/mol. The maximum Gasteiger partial charge on any atom is 0.335 e. The van der Waals surface area contributed by atoms with Gasteiger partial charge in [-0.1, -0.05) is 0 Å². The van der Waals surface area contributed by atoms with Gasteiger partial charge in [0.05, 0.1) is 16.8 Å². The Bertz CT molecular complexity index is 908. The van der Waals surface area contributed by atoms with E-state index in [-0.39, 0.29) is 17.0 Å². The minimum Gasteiger partial charge on any atom is -0.478 e. The first-order valence-electron chi connectivity index (χ1n) is 9.77. The second kappa shape index (κ2) is 9.36. The van der Waals surface area contributed by atoms with E-state index in [0.717, 1.165) is 23.9 Å². The predicted molar refractivity (Wildman–Crippen MR) is 113 cm³/mol. The Kier molecular flexibility index (Phi) is 6.84. The number of nitrogens with zero attached hydrogens (tertiary/aromatic N) is 2. The highest BCUT2D eigenvalue weighted by Gasteiger charge is 2.35. The highest BCUT2D eigenvalue weighted by molar-refractivity contribution is 7.15. The summed E-state index contributed by atoms with van der Waals surface area (Å²) in [5.41, 5.74) is 1.39. The molecular formula is C21H25N3O5S. The van der Waals surface area contributed by atoms with Crippen LogP contribution in [0.2, 0.25) is 0 Å². The number of hydrogen-bond acceptors (Lipinski definition) is 6. The molecule has 0 radical (unpaired) electrons. The fourth-order valence-corrected chi connectivity index (χ4v) is 5.07. The number of aromatic nitrogens is 1. The molecule has 1 aliphatic heterocycles. The van der Waals surface area contributed by atoms with Crippen LogP contribution in [0.15, 0.2) is 24.3 Å². The topological polar surface area (TPSA) is 120 Å². The molecule has 1 fully saturated rings. The molecule has 4 rings (SSSR count). The van der Waals surface area contributed by atoms with Gasteiger partial charge in [0.1, 0.15) is 0 Å². The van der Waals surface area contributed by atoms with E-state index in [4.69, 9.17) is 10.2 Å². The number of likely N-dealkylation sites (tertiary alicyclic amines) is 1. The molecule has 2 aromatic rings. The van der Waals surface area contributed by atoms with E-state index >= 15 is 0 Å². The first-order valence-corrected chi connectivity index (χ1v) is 10.6. The number of carbonyl (C=O) groups excluding carboxylic acids is 1. The van der Waals surface area contributed by atoms with Crippen LogP contribution >= 0.6 is 11.3 Å². The summed E-state index contributed by atoms with van der Waals surface area (Å²) in [4.78, 5) is 40.2. The van der Waals surface area contributed by atoms with E-state index in [9.17, 15) is 14.4 Å². The Morgan fingerprint density at radius 3 is 2.23 bits per heavy atom. The van der Waals surface area contributed by atoms with Gasteiger partial charge >= 0.3 is 11.9 Å². The first-order chi connectivity index (χ1) is 14.2. The van der Waals surface area contributed by atoms with Gasteiger partial charge in [0, 0.05) is 17.8 Å². The van der Waals surface area contributed by atoms with Crippen molar-refractivity contribution in [1.29, 1.82) is 0 Å². The molecule has 2 aliphatic rings. The van der Waals surface area contributed by atoms with Crippen molar-refractivity contribution < 1.29 is 24.6 Å². The Hall–Kier alpha value is -2.78. The van der Waals surface area contributed by atoms with Crippen LogP contribution in [0.25, 0.3) is 0 Å². The fourth-order valence-electron chi connectivity index (χ4n) is 3.98. The summed E-state index contributed by atoms with van der Waals surface area (Å²) in [6.45, 7) is 2.75. The van der Waals surface area contributed by atoms with Crippen LogP contribution in [0.1, 0.15) is 51.1 Å². The van der Waals surface area contributed by atoms with Crippen molar-refractivity contribution >= 4 is 34.3 Å². The molecule has 9 heteroatoms. The van der Waals surface area contributed by atoms with Gasteiger partial charge in [-0.05, 0) is 69.5 Å². The van der Waals surface area contributed by atoms with Gasteiger partial charge in [-0.15, -0.1) is 11.3 Å². The van der Waals surface area contributed by atoms with Gasteiger partial charge in [-0.3, -0.25) is 4.79 Å². The number of fused-ring (bicyclic) bond motifs is 2. The third-order valence-corrected chi connectivity index (χ3v) is 6.52. The molecule has 1 amide bonds. The molecule has 1 aliphatic carbocycles. The maximum atomic E-state index is 11.1. The van der Waals surface area contributed by atoms with Crippen molar-refractivity contribution in [2.45, 2.75) is 38.6 Å². The normalized spacial score (nSPS) is 20.2. The van der Waals surface area contributed by atoms with E-state index in [1.54, 1.807) is 11.3 Å². The van der Waals surface area contributed by atoms with Crippen LogP contribution in [0, 0.1) is 5.92 Å². The lowest BCUT2D eigenvalue weighted by molar-refractivity contribution is -0.114. The summed E-state index contributed by atoms with van der Waals surface area (Å²) in [6, 6.07) is 5.70. The number of carbonyl (C=O) groups is 3. The summed E-state index contributed by atoms with van der Waals surface area (Å²) < 4.78 is 0. The average Bonchev–Trinajstić information content (AvgIpc) is 3.07. The lowest BCUT2D eigenvalue weighted by atomic mass is 9.80. The van der Waals surface area contributed by atoms with Crippen molar-refractivity contribution in [3.8, 4) is 0 Å². The number of carboxylic acid groups (broad SMARTS) is 2. The quantitative estimate of drug-likeness (QED) is 0.683. The summed E-state index contributed by atoms with van der Waals surface area (Å²) >= 11 is 1.65. The molecule has 160 valence electrons. The first kappa shape index (κ1) is 21.9. The van der Waals surface area contributed by atoms with Crippen LogP contribution in [0.5, 0.6) is 0 Å². The zero-order chi connectivity index (χ0) is 21.8. The van der Waals surface area contributed by atoms with Crippen LogP contribution in [0.3, 0.4) is 0 Å². The van der Waals surface area contributed by atoms with E-state index < -0.39 is 11.9 Å². The number of hydrogen-bond donors (Lipinski definition) is 3. The third kappa shape index (κ3) is 5.22. The van der Waals surface area contributed by atoms with Crippen molar-refractivity contribution in [3.05, 3.63) is 46.0 Å². The number of thiazole rings is 1. The number of piperidine rings is 1. The minimum atomic E-state index is -1.06. The highest BCUT2D eigenvalue weighted by atomic mass is 32.1. The Morgan fingerprint density at radius 1 is 1.10 bits per heavy atom. The summed E-state index contributed by atoms with van der Waals surface area (Å²) in [7, 11) is 2.23. The molecule has 1 saturated heterocycles. The van der Waals surface area contributed by atoms with Crippen LogP contribution < -0.4 is 5.32 Å². The van der Waals surface area contributed by atoms with Gasteiger partial charge in [0.2, 0.25) is 5.91 Å². The number of benzene rings is 1. The summed E-state index contributed by atoms with van der Waals surface area (Å²) in [6.07, 6.45) is 4.81. The zero-order valence-electron chi connectivity index (χ0n) is 16.9. The Labute approximate surface area is 178 Å². The largest absolute Gasteiger partial charge is 0.478 e. The lowest BCUT2D eigenvalue weighted by Gasteiger charge is -2.41. The van der Waals surface area contributed by atoms with Crippen molar-refractivity contribution in [2.75, 3.05) is 18.9 Å². The number of anilines is 1. The molecule has 30 heavy (non-hydrogen) atoms. The second-order valence-electron chi connectivity index (χ2n) is 7.62. The lowest BCUT2D eigenvalue weighted by Crippen LogP contribution is -2.46. The van der Waals surface area contributed by atoms with Crippen LogP contribution in [0.4, 0.5) is 5.13 Å². The molecule has 1 aromatic heterocycles. The Balaban J connectivity index is 0.000000187. The van der Waals surface area contributed by atoms with Gasteiger partial charge in [-0.2, -0.15) is 0 Å². The molecule has 0 bridgehead atoms. The van der Waals surface area contributed by atoms with Crippen molar-refractivity contribution in [2.24, 2.45) is 5.92 Å². The third-order valence-electron chi connectivity index (χ3n) is 5.49. The maximum absolute atomic E-state index is 11.1. The van der Waals surface area contributed by atoms with Crippen molar-refractivity contribution in [3.63, 3.8) is 0 Å². The van der Waals surface area contributed by atoms with E-state index in [1.807, 2.05) is 0 Å². The standard InChI is InChI=1S/C13H19N3OS.C8H6O4/c1-8(17)14-13-15-10-6-9-4-3-5-16(2)11(9)7-12(10)18-13;9-7(10)5-1-2-6(4-3-5)8(11)12/h9,11H,3-7H2,1-2H3,(H,14,15,17);1-4H,(H,9,10)(H,11,12)/t9-,11-;/m1./s1. The monoisotopic (exact) mass is 431 g/mol. The van der Waals surface area contributed by atoms with E-state index in [1.165, 1.54) is 61.1 Å². The molecule has 2 heterocycles. The number of likely N-dealkylation sites (N-methyl/N-ethyl adjacent to an activating group) is 1. The van der Waals surface area contributed by atoms with Gasteiger partial charge in [-0.25, -0.2) is 14.6 Å². The highest BCUT2D eigenvalue weighted by Crippen LogP contribution is 2.37. The van der Waals surface area contributed by atoms with E-state index in [2.05, 4.69) is 22.2 Å². The SMILES string of the molecule is CC(=O)Nc1nc2c(s1)C[C@@H]1[C@H](CCCN1C)C2.O=C(O)c1ccc(C(=O)O)cc1. The van der Waals surface area contributed by atoms with Gasteiger partial charge in [0.25, 0.3) is 0 Å². The Morgan fingerprint density at radius 2 is 1.70 bits per heavy atom. The average molecular weight is 432 g/mol. The summed E-state index contributed by atoms with van der Waals surface area (Å²) in [5, 5.41) is 20.5. The van der Waals surface area contributed by atoms with E-state index in [0.29, 0.717) is 6.04 Å². The number of rotatable bonds is 3. The van der Waals surface area contributed by atoms with Gasteiger partial charge in [0.15, 0.2) is 5.13 Å². The number of aromatic carboxylic acids is 2. The molecule has 0 spiro atoms. The second-order valence-corrected chi connectivity index (χ2v) is 8.70. The summed E-state index contributed by atoms with van der Waals surface area (Å²) in [5.74, 6) is -1.40. The predicted octanol–water partition coefficient (Wildman–Crippen LogP) is 2.99. The van der Waals surface area contributed by atoms with Gasteiger partial charge < -0.3 is 20.4 Å². The number of nitrogens with one attached hydrogen (secondary N) is 1.